The van der Waals surface area contributed by atoms with E-state index >= 15 is 0 Å². The van der Waals surface area contributed by atoms with Crippen molar-refractivity contribution in [1.29, 1.82) is 0 Å². The van der Waals surface area contributed by atoms with Gasteiger partial charge in [0, 0.05) is 18.7 Å². The number of nitrogens with two attached hydrogens (primary N) is 1. The first kappa shape index (κ1) is 28.2. The van der Waals surface area contributed by atoms with Crippen LogP contribution in [0.4, 0.5) is 18.9 Å². The van der Waals surface area contributed by atoms with Gasteiger partial charge in [0.1, 0.15) is 5.82 Å². The van der Waals surface area contributed by atoms with Gasteiger partial charge in [-0.15, -0.1) is 0 Å². The quantitative estimate of drug-likeness (QED) is 0.250. The highest BCUT2D eigenvalue weighted by atomic mass is 19.4. The van der Waals surface area contributed by atoms with Gasteiger partial charge in [0.2, 0.25) is 0 Å². The van der Waals surface area contributed by atoms with Crippen molar-refractivity contribution in [1.82, 2.24) is 14.3 Å². The van der Waals surface area contributed by atoms with Gasteiger partial charge in [-0.3, -0.25) is 4.57 Å². The number of hydrogen-bond acceptors (Lipinski definition) is 3. The van der Waals surface area contributed by atoms with Crippen LogP contribution >= 0.6 is 0 Å². The van der Waals surface area contributed by atoms with Crippen LogP contribution in [-0.2, 0) is 37.5 Å². The van der Waals surface area contributed by atoms with Gasteiger partial charge in [-0.2, -0.15) is 18.3 Å². The fourth-order valence-electron chi connectivity index (χ4n) is 4.69. The van der Waals surface area contributed by atoms with Crippen molar-refractivity contribution in [3.8, 4) is 11.1 Å². The molecule has 5 nitrogen and oxygen atoms in total. The van der Waals surface area contributed by atoms with E-state index in [-0.39, 0.29) is 16.8 Å². The van der Waals surface area contributed by atoms with Crippen molar-refractivity contribution in [2.24, 2.45) is 0 Å². The van der Waals surface area contributed by atoms with E-state index in [9.17, 15) is 18.0 Å². The lowest BCUT2D eigenvalue weighted by molar-refractivity contribution is -0.136. The fraction of sp³-hybridized carbons (Fsp3) is 0.355. The van der Waals surface area contributed by atoms with Crippen LogP contribution in [0.5, 0.6) is 0 Å². The molecule has 2 N–H and O–H groups in total. The lowest BCUT2D eigenvalue weighted by Crippen LogP contribution is -2.25. The molecule has 1 aromatic heterocycles. The van der Waals surface area contributed by atoms with E-state index in [1.807, 2.05) is 31.2 Å². The first-order valence-electron chi connectivity index (χ1n) is 13.2. The molecule has 0 saturated carbocycles. The van der Waals surface area contributed by atoms with Crippen molar-refractivity contribution >= 4 is 5.69 Å². The molecule has 0 spiro atoms. The second-order valence-corrected chi connectivity index (χ2v) is 10.9. The van der Waals surface area contributed by atoms with Crippen LogP contribution in [0.1, 0.15) is 62.2 Å². The molecule has 4 rings (SSSR count). The summed E-state index contributed by atoms with van der Waals surface area (Å²) in [4.78, 5) is 12.9. The molecule has 0 aliphatic heterocycles. The number of aryl methyl sites for hydroxylation is 2. The van der Waals surface area contributed by atoms with Gasteiger partial charge in [-0.05, 0) is 65.1 Å². The highest BCUT2D eigenvalue weighted by molar-refractivity contribution is 5.69. The van der Waals surface area contributed by atoms with E-state index in [4.69, 9.17) is 5.73 Å². The molecule has 0 fully saturated rings. The molecule has 0 aliphatic carbocycles. The van der Waals surface area contributed by atoms with Gasteiger partial charge in [0.25, 0.3) is 0 Å². The molecule has 0 saturated heterocycles. The van der Waals surface area contributed by atoms with Crippen molar-refractivity contribution in [3.05, 3.63) is 105 Å². The van der Waals surface area contributed by atoms with Gasteiger partial charge < -0.3 is 5.73 Å². The zero-order chi connectivity index (χ0) is 28.4. The Hall–Kier alpha value is -3.81. The monoisotopic (exact) mass is 536 g/mol. The summed E-state index contributed by atoms with van der Waals surface area (Å²) < 4.78 is 42.2. The molecular weight excluding hydrogens is 501 g/mol. The Morgan fingerprint density at radius 2 is 1.46 bits per heavy atom. The van der Waals surface area contributed by atoms with Crippen molar-refractivity contribution < 1.29 is 13.2 Å². The number of aromatic nitrogens is 3. The average molecular weight is 537 g/mol. The van der Waals surface area contributed by atoms with Crippen molar-refractivity contribution in [3.63, 3.8) is 0 Å². The molecule has 3 aromatic carbocycles. The third kappa shape index (κ3) is 6.61. The SMILES string of the molecule is CCn1c(CCCc2ccc(-c3ccc(C(F)(F)F)c(N)c3)cc2)nn(Cc2ccc(C(C)(C)C)cc2)c1=O. The minimum absolute atomic E-state index is 0.0723. The summed E-state index contributed by atoms with van der Waals surface area (Å²) in [6.45, 7) is 9.45. The van der Waals surface area contributed by atoms with Crippen LogP contribution in [-0.4, -0.2) is 14.3 Å². The topological polar surface area (TPSA) is 65.8 Å². The summed E-state index contributed by atoms with van der Waals surface area (Å²) in [5.74, 6) is 0.769. The van der Waals surface area contributed by atoms with Crippen LogP contribution in [0.3, 0.4) is 0 Å². The Balaban J connectivity index is 1.39. The number of benzene rings is 3. The Morgan fingerprint density at radius 1 is 0.846 bits per heavy atom. The molecule has 206 valence electrons. The molecule has 0 bridgehead atoms. The molecule has 39 heavy (non-hydrogen) atoms. The second kappa shape index (κ2) is 11.1. The maximum Gasteiger partial charge on any atom is 0.418 e. The smallest absolute Gasteiger partial charge is 0.398 e. The number of nitrogens with zero attached hydrogens (tertiary/aromatic N) is 3. The van der Waals surface area contributed by atoms with Gasteiger partial charge >= 0.3 is 11.9 Å². The van der Waals surface area contributed by atoms with Gasteiger partial charge in [-0.25, -0.2) is 9.48 Å². The number of hydrogen-bond donors (Lipinski definition) is 1. The van der Waals surface area contributed by atoms with Gasteiger partial charge in [0.05, 0.1) is 12.1 Å². The molecular formula is C31H35F3N4O. The first-order chi connectivity index (χ1) is 18.4. The minimum Gasteiger partial charge on any atom is -0.398 e. The molecule has 1 heterocycles. The lowest BCUT2D eigenvalue weighted by Gasteiger charge is -2.19. The normalized spacial score (nSPS) is 12.2. The largest absolute Gasteiger partial charge is 0.418 e. The second-order valence-electron chi connectivity index (χ2n) is 10.9. The minimum atomic E-state index is -4.47. The summed E-state index contributed by atoms with van der Waals surface area (Å²) >= 11 is 0. The zero-order valence-electron chi connectivity index (χ0n) is 22.8. The van der Waals surface area contributed by atoms with E-state index in [2.05, 4.69) is 50.1 Å². The Morgan fingerprint density at radius 3 is 2.03 bits per heavy atom. The third-order valence-corrected chi connectivity index (χ3v) is 6.98. The highest BCUT2D eigenvalue weighted by Crippen LogP contribution is 2.35. The highest BCUT2D eigenvalue weighted by Gasteiger charge is 2.32. The first-order valence-corrected chi connectivity index (χ1v) is 13.2. The summed E-state index contributed by atoms with van der Waals surface area (Å²) in [7, 11) is 0. The van der Waals surface area contributed by atoms with Crippen LogP contribution in [0.15, 0.2) is 71.5 Å². The number of alkyl halides is 3. The van der Waals surface area contributed by atoms with E-state index in [1.54, 1.807) is 4.57 Å². The van der Waals surface area contributed by atoms with Crippen molar-refractivity contribution in [2.45, 2.75) is 71.6 Å². The van der Waals surface area contributed by atoms with E-state index in [0.717, 1.165) is 41.4 Å². The lowest BCUT2D eigenvalue weighted by atomic mass is 9.87. The molecule has 0 unspecified atom stereocenters. The maximum atomic E-state index is 13.0. The summed E-state index contributed by atoms with van der Waals surface area (Å²) in [5.41, 5.74) is 9.32. The number of halogens is 3. The van der Waals surface area contributed by atoms with Crippen molar-refractivity contribution in [2.75, 3.05) is 5.73 Å². The Kier molecular flexibility index (Phi) is 8.04. The molecule has 4 aromatic rings. The number of anilines is 1. The van der Waals surface area contributed by atoms with Gasteiger partial charge in [0.15, 0.2) is 0 Å². The van der Waals surface area contributed by atoms with Crippen LogP contribution in [0.25, 0.3) is 11.1 Å². The third-order valence-electron chi connectivity index (χ3n) is 6.98. The number of nitrogen functional groups attached to an aromatic ring is 1. The Labute approximate surface area is 227 Å². The van der Waals surface area contributed by atoms with E-state index in [0.29, 0.717) is 25.1 Å². The Bertz CT molecular complexity index is 1470. The molecule has 8 heteroatoms. The fourth-order valence-corrected chi connectivity index (χ4v) is 4.69. The zero-order valence-corrected chi connectivity index (χ0v) is 22.8. The number of rotatable bonds is 8. The predicted octanol–water partition coefficient (Wildman–Crippen LogP) is 6.85. The van der Waals surface area contributed by atoms with Gasteiger partial charge in [-0.1, -0.05) is 75.4 Å². The average Bonchev–Trinajstić information content (AvgIpc) is 3.17. The van der Waals surface area contributed by atoms with Crippen LogP contribution in [0.2, 0.25) is 0 Å². The molecule has 0 aliphatic rings. The standard InChI is InChI=1S/C31H35F3N4O/c1-5-37-28(36-38(29(37)39)20-22-11-16-25(17-12-22)30(2,3)4)8-6-7-21-9-13-23(14-10-21)24-15-18-26(27(35)19-24)31(32,33)34/h9-19H,5-8,20,35H2,1-4H3. The van der Waals surface area contributed by atoms with E-state index in [1.165, 1.54) is 22.4 Å². The van der Waals surface area contributed by atoms with Crippen LogP contribution in [0, 0.1) is 0 Å². The van der Waals surface area contributed by atoms with Crippen LogP contribution < -0.4 is 11.4 Å². The molecule has 0 amide bonds. The predicted molar refractivity (Wildman–Crippen MR) is 150 cm³/mol. The summed E-state index contributed by atoms with van der Waals surface area (Å²) in [5, 5.41) is 4.64. The summed E-state index contributed by atoms with van der Waals surface area (Å²) in [6, 6.07) is 19.9. The summed E-state index contributed by atoms with van der Waals surface area (Å²) in [6.07, 6.45) is -2.21. The molecule has 0 radical (unpaired) electrons. The maximum absolute atomic E-state index is 13.0. The molecule has 0 atom stereocenters. The van der Waals surface area contributed by atoms with E-state index < -0.39 is 11.7 Å².